The van der Waals surface area contributed by atoms with Crippen LogP contribution in [0.5, 0.6) is 17.2 Å². The molecule has 10 nitrogen and oxygen atoms in total. The van der Waals surface area contributed by atoms with E-state index < -0.39 is 4.92 Å². The fourth-order valence-electron chi connectivity index (χ4n) is 3.01. The third-order valence-corrected chi connectivity index (χ3v) is 5.47. The Labute approximate surface area is 179 Å². The molecule has 0 unspecified atom stereocenters. The highest BCUT2D eigenvalue weighted by Gasteiger charge is 2.18. The second kappa shape index (κ2) is 8.03. The van der Waals surface area contributed by atoms with Gasteiger partial charge in [0.05, 0.1) is 30.8 Å². The summed E-state index contributed by atoms with van der Waals surface area (Å²) in [5, 5.41) is 15.1. The normalized spacial score (nSPS) is 11.6. The highest BCUT2D eigenvalue weighted by molar-refractivity contribution is 7.15. The first kappa shape index (κ1) is 20.3. The molecule has 0 atom stereocenters. The molecule has 31 heavy (non-hydrogen) atoms. The molecule has 0 radical (unpaired) electrons. The first-order chi connectivity index (χ1) is 14.9. The van der Waals surface area contributed by atoms with Crippen LogP contribution in [0, 0.1) is 10.1 Å². The van der Waals surface area contributed by atoms with Crippen LogP contribution < -0.4 is 24.3 Å². The fraction of sp³-hybridized carbons (Fsp3) is 0.150. The minimum absolute atomic E-state index is 0.0165. The lowest BCUT2D eigenvalue weighted by Crippen LogP contribution is -2.23. The first-order valence-corrected chi connectivity index (χ1v) is 9.73. The average Bonchev–Trinajstić information content (AvgIpc) is 3.32. The highest BCUT2D eigenvalue weighted by atomic mass is 32.1. The number of aromatic nitrogens is 3. The molecule has 2 heterocycles. The van der Waals surface area contributed by atoms with Crippen molar-refractivity contribution in [2.45, 2.75) is 0 Å². The van der Waals surface area contributed by atoms with Crippen molar-refractivity contribution in [3.8, 4) is 28.6 Å². The van der Waals surface area contributed by atoms with Crippen LogP contribution in [-0.2, 0) is 0 Å². The van der Waals surface area contributed by atoms with Crippen molar-refractivity contribution in [1.29, 1.82) is 0 Å². The predicted molar refractivity (Wildman–Crippen MR) is 114 cm³/mol. The van der Waals surface area contributed by atoms with Gasteiger partial charge in [-0.1, -0.05) is 11.3 Å². The molecule has 0 bridgehead atoms. The standard InChI is InChI=1S/C20H16N4O6S/c1-28-14-9-12(10-15(29-2)17(14)30-3)18-21-20-23(22-18)19(25)16(31-20)8-11-4-6-13(7-5-11)24(26)27/h4-10H,1-3H3/b16-8+. The van der Waals surface area contributed by atoms with Gasteiger partial charge in [-0.05, 0) is 35.9 Å². The van der Waals surface area contributed by atoms with Crippen molar-refractivity contribution in [2.24, 2.45) is 0 Å². The van der Waals surface area contributed by atoms with E-state index in [-0.39, 0.29) is 11.2 Å². The van der Waals surface area contributed by atoms with Crippen LogP contribution in [-0.4, -0.2) is 40.9 Å². The van der Waals surface area contributed by atoms with Crippen LogP contribution in [0.25, 0.3) is 22.4 Å². The van der Waals surface area contributed by atoms with E-state index >= 15 is 0 Å². The molecule has 0 saturated carbocycles. The largest absolute Gasteiger partial charge is 0.493 e. The molecule has 2 aromatic heterocycles. The topological polar surface area (TPSA) is 118 Å². The van der Waals surface area contributed by atoms with Gasteiger partial charge in [0.15, 0.2) is 17.3 Å². The lowest BCUT2D eigenvalue weighted by molar-refractivity contribution is -0.384. The Morgan fingerprint density at radius 3 is 2.23 bits per heavy atom. The molecule has 0 aliphatic heterocycles. The number of benzene rings is 2. The zero-order valence-electron chi connectivity index (χ0n) is 16.7. The Balaban J connectivity index is 1.76. The maximum atomic E-state index is 12.8. The smallest absolute Gasteiger partial charge is 0.291 e. The van der Waals surface area contributed by atoms with Crippen molar-refractivity contribution in [2.75, 3.05) is 21.3 Å². The molecule has 0 aliphatic carbocycles. The van der Waals surface area contributed by atoms with Crippen molar-refractivity contribution in [3.05, 3.63) is 67.0 Å². The van der Waals surface area contributed by atoms with Crippen LogP contribution in [0.2, 0.25) is 0 Å². The number of nitrogens with zero attached hydrogens (tertiary/aromatic N) is 4. The molecule has 0 fully saturated rings. The number of rotatable bonds is 6. The first-order valence-electron chi connectivity index (χ1n) is 8.91. The summed E-state index contributed by atoms with van der Waals surface area (Å²) in [4.78, 5) is 27.9. The second-order valence-corrected chi connectivity index (χ2v) is 7.32. The number of non-ortho nitro benzene ring substituents is 1. The molecular weight excluding hydrogens is 424 g/mol. The minimum Gasteiger partial charge on any atom is -0.493 e. The van der Waals surface area contributed by atoms with Crippen LogP contribution in [0.15, 0.2) is 41.2 Å². The Bertz CT molecular complexity index is 1370. The van der Waals surface area contributed by atoms with E-state index in [0.29, 0.717) is 43.7 Å². The van der Waals surface area contributed by atoms with E-state index in [1.165, 1.54) is 49.3 Å². The zero-order chi connectivity index (χ0) is 22.1. The lowest BCUT2D eigenvalue weighted by Gasteiger charge is -2.12. The molecule has 4 rings (SSSR count). The zero-order valence-corrected chi connectivity index (χ0v) is 17.5. The van der Waals surface area contributed by atoms with E-state index in [9.17, 15) is 14.9 Å². The molecule has 2 aromatic carbocycles. The third kappa shape index (κ3) is 3.66. The maximum absolute atomic E-state index is 12.8. The number of hydrogen-bond donors (Lipinski definition) is 0. The molecule has 11 heteroatoms. The summed E-state index contributed by atoms with van der Waals surface area (Å²) in [7, 11) is 4.53. The van der Waals surface area contributed by atoms with E-state index in [2.05, 4.69) is 10.1 Å². The summed E-state index contributed by atoms with van der Waals surface area (Å²) in [6.45, 7) is 0. The van der Waals surface area contributed by atoms with Gasteiger partial charge >= 0.3 is 0 Å². The monoisotopic (exact) mass is 440 g/mol. The molecular formula is C20H16N4O6S. The number of ether oxygens (including phenoxy) is 3. The van der Waals surface area contributed by atoms with Gasteiger partial charge in [0, 0.05) is 17.7 Å². The third-order valence-electron chi connectivity index (χ3n) is 4.51. The average molecular weight is 440 g/mol. The van der Waals surface area contributed by atoms with E-state index in [1.54, 1.807) is 30.3 Å². The minimum atomic E-state index is -0.476. The van der Waals surface area contributed by atoms with Crippen LogP contribution in [0.4, 0.5) is 5.69 Å². The summed E-state index contributed by atoms with van der Waals surface area (Å²) < 4.78 is 17.7. The summed E-state index contributed by atoms with van der Waals surface area (Å²) in [5.74, 6) is 1.68. The molecule has 0 saturated heterocycles. The van der Waals surface area contributed by atoms with E-state index in [1.807, 2.05) is 0 Å². The van der Waals surface area contributed by atoms with E-state index in [0.717, 1.165) is 0 Å². The molecule has 4 aromatic rings. The van der Waals surface area contributed by atoms with Gasteiger partial charge in [-0.2, -0.15) is 9.50 Å². The van der Waals surface area contributed by atoms with Gasteiger partial charge in [-0.15, -0.1) is 5.10 Å². The van der Waals surface area contributed by atoms with Gasteiger partial charge in [-0.25, -0.2) is 0 Å². The summed E-state index contributed by atoms with van der Waals surface area (Å²) >= 11 is 1.17. The Kier molecular flexibility index (Phi) is 5.26. The van der Waals surface area contributed by atoms with Gasteiger partial charge in [0.25, 0.3) is 11.2 Å². The molecule has 0 amide bonds. The number of hydrogen-bond acceptors (Lipinski definition) is 9. The Morgan fingerprint density at radius 2 is 1.71 bits per heavy atom. The Morgan fingerprint density at radius 1 is 1.06 bits per heavy atom. The quantitative estimate of drug-likeness (QED) is 0.331. The van der Waals surface area contributed by atoms with Crippen molar-refractivity contribution >= 4 is 28.1 Å². The van der Waals surface area contributed by atoms with Crippen molar-refractivity contribution in [3.63, 3.8) is 0 Å². The molecule has 0 spiro atoms. The van der Waals surface area contributed by atoms with Crippen molar-refractivity contribution < 1.29 is 19.1 Å². The summed E-state index contributed by atoms with van der Waals surface area (Å²) in [6, 6.07) is 9.33. The number of nitro benzene ring substituents is 1. The lowest BCUT2D eigenvalue weighted by atomic mass is 10.1. The van der Waals surface area contributed by atoms with Crippen LogP contribution in [0.3, 0.4) is 0 Å². The van der Waals surface area contributed by atoms with Gasteiger partial charge in [-0.3, -0.25) is 14.9 Å². The Hall–Kier alpha value is -3.99. The highest BCUT2D eigenvalue weighted by Crippen LogP contribution is 2.40. The number of thiazole rings is 1. The van der Waals surface area contributed by atoms with E-state index in [4.69, 9.17) is 14.2 Å². The maximum Gasteiger partial charge on any atom is 0.291 e. The fourth-order valence-corrected chi connectivity index (χ4v) is 3.92. The van der Waals surface area contributed by atoms with Crippen LogP contribution in [0.1, 0.15) is 5.56 Å². The van der Waals surface area contributed by atoms with Crippen molar-refractivity contribution in [1.82, 2.24) is 14.6 Å². The number of methoxy groups -OCH3 is 3. The van der Waals surface area contributed by atoms with Crippen LogP contribution >= 0.6 is 11.3 Å². The second-order valence-electron chi connectivity index (χ2n) is 6.31. The summed E-state index contributed by atoms with van der Waals surface area (Å²) in [6.07, 6.45) is 1.65. The molecule has 0 aliphatic rings. The van der Waals surface area contributed by atoms with Gasteiger partial charge in [0.1, 0.15) is 0 Å². The molecule has 158 valence electrons. The number of fused-ring (bicyclic) bond motifs is 1. The summed E-state index contributed by atoms with van der Waals surface area (Å²) in [5.41, 5.74) is 0.921. The van der Waals surface area contributed by atoms with Gasteiger partial charge < -0.3 is 14.2 Å². The SMILES string of the molecule is COc1cc(-c2nc3s/c(=C/c4ccc([N+](=O)[O-])cc4)c(=O)n3n2)cc(OC)c1OC. The molecule has 0 N–H and O–H groups in total. The number of nitro groups is 1. The van der Waals surface area contributed by atoms with Gasteiger partial charge in [0.2, 0.25) is 10.7 Å². The predicted octanol–water partition coefficient (Wildman–Crippen LogP) is 2.30.